The Hall–Kier alpha value is -1.66. The Labute approximate surface area is 160 Å². The highest BCUT2D eigenvalue weighted by Gasteiger charge is 2.30. The highest BCUT2D eigenvalue weighted by atomic mass is 35.5. The van der Waals surface area contributed by atoms with Crippen LogP contribution in [-0.4, -0.2) is 60.4 Å². The Kier molecular flexibility index (Phi) is 7.41. The number of benzene rings is 1. The molecule has 5 nitrogen and oxygen atoms in total. The van der Waals surface area contributed by atoms with E-state index in [1.54, 1.807) is 4.90 Å². The fourth-order valence-electron chi connectivity index (χ4n) is 3.73. The summed E-state index contributed by atoms with van der Waals surface area (Å²) >= 11 is 0. The highest BCUT2D eigenvalue weighted by molar-refractivity contribution is 5.94. The number of carbonyl (C=O) groups excluding carboxylic acids is 2. The van der Waals surface area contributed by atoms with Gasteiger partial charge in [0.25, 0.3) is 5.91 Å². The molecule has 2 atom stereocenters. The van der Waals surface area contributed by atoms with Gasteiger partial charge in [0.1, 0.15) is 5.82 Å². The number of halogens is 2. The van der Waals surface area contributed by atoms with E-state index in [-0.39, 0.29) is 36.0 Å². The summed E-state index contributed by atoms with van der Waals surface area (Å²) in [6.45, 7) is 5.44. The lowest BCUT2D eigenvalue weighted by atomic mass is 9.92. The van der Waals surface area contributed by atoms with Gasteiger partial charge in [0, 0.05) is 43.7 Å². The molecule has 1 aromatic carbocycles. The minimum atomic E-state index is -0.347. The van der Waals surface area contributed by atoms with Crippen molar-refractivity contribution in [3.8, 4) is 0 Å². The maximum absolute atomic E-state index is 13.0. The van der Waals surface area contributed by atoms with Crippen LogP contribution in [0, 0.1) is 11.7 Å². The minimum absolute atomic E-state index is 0. The molecule has 0 aromatic heterocycles. The summed E-state index contributed by atoms with van der Waals surface area (Å²) in [7, 11) is 0. The largest absolute Gasteiger partial charge is 0.341 e. The van der Waals surface area contributed by atoms with E-state index in [0.29, 0.717) is 37.8 Å². The number of hydrogen-bond acceptors (Lipinski definition) is 3. The lowest BCUT2D eigenvalue weighted by Crippen LogP contribution is -2.45. The molecule has 0 bridgehead atoms. The fraction of sp³-hybridized carbons (Fsp3) is 0.579. The first kappa shape index (κ1) is 20.6. The van der Waals surface area contributed by atoms with Crippen molar-refractivity contribution < 1.29 is 14.0 Å². The Balaban J connectivity index is 0.00000243. The number of nitrogens with zero attached hydrogens (tertiary/aromatic N) is 2. The maximum atomic E-state index is 13.0. The van der Waals surface area contributed by atoms with E-state index in [1.165, 1.54) is 24.3 Å². The number of amides is 2. The second-order valence-corrected chi connectivity index (χ2v) is 7.05. The predicted octanol–water partition coefficient (Wildman–Crippen LogP) is 2.31. The molecule has 144 valence electrons. The molecule has 0 saturated carbocycles. The zero-order valence-corrected chi connectivity index (χ0v) is 15.9. The van der Waals surface area contributed by atoms with Gasteiger partial charge < -0.3 is 15.1 Å². The van der Waals surface area contributed by atoms with Crippen LogP contribution in [0.15, 0.2) is 24.3 Å². The van der Waals surface area contributed by atoms with Gasteiger partial charge in [-0.1, -0.05) is 0 Å². The van der Waals surface area contributed by atoms with Gasteiger partial charge in [-0.25, -0.2) is 4.39 Å². The first-order valence-corrected chi connectivity index (χ1v) is 9.11. The van der Waals surface area contributed by atoms with Crippen molar-refractivity contribution in [2.24, 2.45) is 5.92 Å². The van der Waals surface area contributed by atoms with E-state index in [9.17, 15) is 14.0 Å². The van der Waals surface area contributed by atoms with Crippen LogP contribution in [0.2, 0.25) is 0 Å². The SMILES string of the molecule is C[C@H]1C[C@@H](C(=O)N2CCCN(C(=O)c3ccc(F)cc3)CC2)CCN1.Cl. The predicted molar refractivity (Wildman–Crippen MR) is 101 cm³/mol. The Morgan fingerprint density at radius 1 is 1.08 bits per heavy atom. The van der Waals surface area contributed by atoms with Crippen molar-refractivity contribution in [3.63, 3.8) is 0 Å². The van der Waals surface area contributed by atoms with Gasteiger partial charge in [0.2, 0.25) is 5.91 Å². The topological polar surface area (TPSA) is 52.7 Å². The monoisotopic (exact) mass is 383 g/mol. The Morgan fingerprint density at radius 3 is 2.42 bits per heavy atom. The molecule has 7 heteroatoms. The number of nitrogens with one attached hydrogen (secondary N) is 1. The summed E-state index contributed by atoms with van der Waals surface area (Å²) in [4.78, 5) is 29.1. The molecule has 0 spiro atoms. The van der Waals surface area contributed by atoms with Gasteiger partial charge in [0.05, 0.1) is 0 Å². The fourth-order valence-corrected chi connectivity index (χ4v) is 3.73. The van der Waals surface area contributed by atoms with Crippen LogP contribution >= 0.6 is 12.4 Å². The van der Waals surface area contributed by atoms with E-state index in [0.717, 1.165) is 25.8 Å². The molecule has 2 aliphatic rings. The third kappa shape index (κ3) is 4.95. The van der Waals surface area contributed by atoms with Crippen molar-refractivity contribution in [1.82, 2.24) is 15.1 Å². The van der Waals surface area contributed by atoms with E-state index in [2.05, 4.69) is 12.2 Å². The Bertz CT molecular complexity index is 626. The molecule has 2 amide bonds. The van der Waals surface area contributed by atoms with Crippen molar-refractivity contribution >= 4 is 24.2 Å². The van der Waals surface area contributed by atoms with Crippen LogP contribution in [0.25, 0.3) is 0 Å². The first-order valence-electron chi connectivity index (χ1n) is 9.11. The lowest BCUT2D eigenvalue weighted by Gasteiger charge is -2.31. The molecule has 0 aliphatic carbocycles. The van der Waals surface area contributed by atoms with Crippen LogP contribution in [0.4, 0.5) is 4.39 Å². The smallest absolute Gasteiger partial charge is 0.253 e. The number of hydrogen-bond donors (Lipinski definition) is 1. The highest BCUT2D eigenvalue weighted by Crippen LogP contribution is 2.20. The second kappa shape index (κ2) is 9.33. The first-order chi connectivity index (χ1) is 12.0. The van der Waals surface area contributed by atoms with Crippen LogP contribution in [-0.2, 0) is 4.79 Å². The molecule has 1 N–H and O–H groups in total. The van der Waals surface area contributed by atoms with Crippen LogP contribution in [0.5, 0.6) is 0 Å². The van der Waals surface area contributed by atoms with Crippen molar-refractivity contribution in [2.75, 3.05) is 32.7 Å². The van der Waals surface area contributed by atoms with Crippen molar-refractivity contribution in [1.29, 1.82) is 0 Å². The summed E-state index contributed by atoms with van der Waals surface area (Å²) in [5, 5.41) is 3.38. The third-order valence-corrected chi connectivity index (χ3v) is 5.16. The molecule has 2 saturated heterocycles. The van der Waals surface area contributed by atoms with E-state index in [4.69, 9.17) is 0 Å². The molecule has 26 heavy (non-hydrogen) atoms. The van der Waals surface area contributed by atoms with Gasteiger partial charge >= 0.3 is 0 Å². The van der Waals surface area contributed by atoms with E-state index in [1.807, 2.05) is 4.90 Å². The number of piperidine rings is 1. The zero-order chi connectivity index (χ0) is 17.8. The minimum Gasteiger partial charge on any atom is -0.341 e. The molecule has 2 fully saturated rings. The molecule has 0 radical (unpaired) electrons. The molecular weight excluding hydrogens is 357 g/mol. The van der Waals surface area contributed by atoms with Gasteiger partial charge in [0.15, 0.2) is 0 Å². The molecule has 3 rings (SSSR count). The third-order valence-electron chi connectivity index (χ3n) is 5.16. The van der Waals surface area contributed by atoms with Gasteiger partial charge in [-0.05, 0) is 57.0 Å². The summed E-state index contributed by atoms with van der Waals surface area (Å²) in [6, 6.07) is 6.02. The summed E-state index contributed by atoms with van der Waals surface area (Å²) in [6.07, 6.45) is 2.55. The van der Waals surface area contributed by atoms with E-state index >= 15 is 0 Å². The van der Waals surface area contributed by atoms with E-state index < -0.39 is 0 Å². The summed E-state index contributed by atoms with van der Waals surface area (Å²) in [5.41, 5.74) is 0.494. The van der Waals surface area contributed by atoms with Crippen molar-refractivity contribution in [3.05, 3.63) is 35.6 Å². The quantitative estimate of drug-likeness (QED) is 0.852. The molecule has 1 aromatic rings. The zero-order valence-electron chi connectivity index (χ0n) is 15.1. The maximum Gasteiger partial charge on any atom is 0.253 e. The standard InChI is InChI=1S/C19H26FN3O2.ClH/c1-14-13-16(7-8-21-14)19(25)23-10-2-9-22(11-12-23)18(24)15-3-5-17(20)6-4-15;/h3-6,14,16,21H,2,7-13H2,1H3;1H/t14-,16-;/m0./s1. The molecular formula is C19H27ClFN3O2. The van der Waals surface area contributed by atoms with Crippen molar-refractivity contribution in [2.45, 2.75) is 32.2 Å². The summed E-state index contributed by atoms with van der Waals surface area (Å²) < 4.78 is 13.0. The molecule has 2 heterocycles. The lowest BCUT2D eigenvalue weighted by molar-refractivity contribution is -0.136. The number of carbonyl (C=O) groups is 2. The van der Waals surface area contributed by atoms with Crippen LogP contribution < -0.4 is 5.32 Å². The average Bonchev–Trinajstić information content (AvgIpc) is 2.87. The normalized spacial score (nSPS) is 23.8. The Morgan fingerprint density at radius 2 is 1.73 bits per heavy atom. The number of rotatable bonds is 2. The van der Waals surface area contributed by atoms with Crippen LogP contribution in [0.3, 0.4) is 0 Å². The second-order valence-electron chi connectivity index (χ2n) is 7.05. The van der Waals surface area contributed by atoms with Crippen LogP contribution in [0.1, 0.15) is 36.5 Å². The average molecular weight is 384 g/mol. The molecule has 2 aliphatic heterocycles. The van der Waals surface area contributed by atoms with Gasteiger partial charge in [-0.3, -0.25) is 9.59 Å². The van der Waals surface area contributed by atoms with Gasteiger partial charge in [-0.2, -0.15) is 0 Å². The molecule has 0 unspecified atom stereocenters. The summed E-state index contributed by atoms with van der Waals surface area (Å²) in [5.74, 6) is -0.120. The van der Waals surface area contributed by atoms with Gasteiger partial charge in [-0.15, -0.1) is 12.4 Å².